The van der Waals surface area contributed by atoms with Gasteiger partial charge in [-0.15, -0.1) is 0 Å². The first-order valence-corrected chi connectivity index (χ1v) is 22.9. The highest BCUT2D eigenvalue weighted by Crippen LogP contribution is 2.71. The maximum Gasteiger partial charge on any atom is 0.189 e. The third-order valence-electron chi connectivity index (χ3n) is 17.5. The number of hydrogen-bond acceptors (Lipinski definition) is 18. The van der Waals surface area contributed by atoms with Crippen molar-refractivity contribution in [2.75, 3.05) is 13.2 Å². The van der Waals surface area contributed by atoms with Gasteiger partial charge in [0, 0.05) is 12.3 Å². The lowest BCUT2D eigenvalue weighted by molar-refractivity contribution is -0.397. The van der Waals surface area contributed by atoms with Crippen LogP contribution in [-0.4, -0.2) is 180 Å². The van der Waals surface area contributed by atoms with Gasteiger partial charge in [0.15, 0.2) is 30.9 Å². The topological polar surface area (TPSA) is 276 Å². The predicted octanol–water partition coefficient (Wildman–Crippen LogP) is -0.713. The highest BCUT2D eigenvalue weighted by atomic mass is 16.8. The fourth-order valence-corrected chi connectivity index (χ4v) is 13.9. The van der Waals surface area contributed by atoms with Gasteiger partial charge in [0.05, 0.1) is 37.1 Å². The van der Waals surface area contributed by atoms with E-state index in [0.717, 1.165) is 44.9 Å². The molecular formula is C44H70O18. The second-order valence-corrected chi connectivity index (χ2v) is 21.0. The SMILES string of the molecule is C[C@@H]1O[C@@H](O[C@H]2[C@H](O[C@H]3CC[C@@]4(C)C(=CCC5C6CC7O[C@@]8(CC[C@@](C)(CO)O8)[C@@H](C)C7[C@@]6(C)CCC54)C3)O[C@H](CO)[C@@H](O[C@@H]3O[C@@H](O)[C@H](O)[C@@H](O)[C@H]3O)[C@@H]2O)[C@H](O)[C@H](O)[C@H]1O. The Balaban J connectivity index is 0.916. The van der Waals surface area contributed by atoms with Crippen molar-refractivity contribution in [3.8, 4) is 0 Å². The maximum absolute atomic E-state index is 11.9. The lowest BCUT2D eigenvalue weighted by Crippen LogP contribution is -2.66. The quantitative estimate of drug-likeness (QED) is 0.135. The van der Waals surface area contributed by atoms with E-state index in [9.17, 15) is 51.1 Å². The second-order valence-electron chi connectivity index (χ2n) is 21.0. The van der Waals surface area contributed by atoms with Crippen LogP contribution in [0.5, 0.6) is 0 Å². The molecule has 0 radical (unpaired) electrons. The van der Waals surface area contributed by atoms with Crippen molar-refractivity contribution in [3.05, 3.63) is 11.6 Å². The predicted molar refractivity (Wildman–Crippen MR) is 211 cm³/mol. The molecule has 3 saturated carbocycles. The summed E-state index contributed by atoms with van der Waals surface area (Å²) in [5.74, 6) is 1.44. The summed E-state index contributed by atoms with van der Waals surface area (Å²) in [6.07, 6.45) is -14.3. The molecule has 18 heteroatoms. The molecule has 62 heavy (non-hydrogen) atoms. The number of aliphatic hydroxyl groups is 10. The first-order valence-electron chi connectivity index (χ1n) is 22.9. The molecule has 0 aromatic rings. The minimum atomic E-state index is -1.95. The van der Waals surface area contributed by atoms with Crippen LogP contribution in [0, 0.1) is 40.4 Å². The molecule has 5 heterocycles. The van der Waals surface area contributed by atoms with Crippen molar-refractivity contribution in [1.82, 2.24) is 0 Å². The van der Waals surface area contributed by atoms with Gasteiger partial charge in [-0.3, -0.25) is 0 Å². The van der Waals surface area contributed by atoms with Crippen LogP contribution in [0.2, 0.25) is 0 Å². The van der Waals surface area contributed by atoms with Gasteiger partial charge < -0.3 is 89.0 Å². The average molecular weight is 887 g/mol. The van der Waals surface area contributed by atoms with Gasteiger partial charge in [-0.25, -0.2) is 0 Å². The van der Waals surface area contributed by atoms with Gasteiger partial charge in [-0.2, -0.15) is 0 Å². The molecule has 10 N–H and O–H groups in total. The van der Waals surface area contributed by atoms with Gasteiger partial charge in [0.25, 0.3) is 0 Å². The zero-order valence-electron chi connectivity index (χ0n) is 36.3. The fraction of sp³-hybridized carbons (Fsp3) is 0.955. The number of aliphatic hydroxyl groups excluding tert-OH is 10. The largest absolute Gasteiger partial charge is 0.394 e. The standard InChI is InChI=1S/C44H70O18/c1-18-27-25(61-44(18)13-12-41(3,17-46)62-44)15-24-22-7-6-20-14-21(8-10-42(20,4)23(22)9-11-43(24,27)5)56-40-36(59-38-32(51)29(48)28(47)19(2)55-38)34(53)35(26(16-45)57-40)58-39-33(52)30(49)31(50)37(54)60-39/h6,18-19,21-40,45-54H,7-17H2,1-5H3/t18-,19-,21-,22?,23?,24?,25?,26+,27?,28-,29+,30+,31+,32+,33+,34-,35+,36+,37+,38-,39+,40+,41-,42-,43-,44+/m0/s1. The third-order valence-corrected chi connectivity index (χ3v) is 17.5. The Kier molecular flexibility index (Phi) is 12.4. The summed E-state index contributed by atoms with van der Waals surface area (Å²) in [7, 11) is 0. The number of hydrogen-bond donors (Lipinski definition) is 10. The summed E-state index contributed by atoms with van der Waals surface area (Å²) in [5.41, 5.74) is 0.771. The van der Waals surface area contributed by atoms with Gasteiger partial charge in [0.1, 0.15) is 61.0 Å². The van der Waals surface area contributed by atoms with Crippen LogP contribution in [0.1, 0.15) is 92.4 Å². The van der Waals surface area contributed by atoms with Crippen LogP contribution in [0.15, 0.2) is 11.6 Å². The Bertz CT molecular complexity index is 1660. The molecular weight excluding hydrogens is 816 g/mol. The molecule has 0 aromatic carbocycles. The van der Waals surface area contributed by atoms with Crippen molar-refractivity contribution < 1.29 is 89.0 Å². The van der Waals surface area contributed by atoms with Crippen molar-refractivity contribution >= 4 is 0 Å². The summed E-state index contributed by atoms with van der Waals surface area (Å²) < 4.78 is 49.3. The summed E-state index contributed by atoms with van der Waals surface area (Å²) in [5, 5.41) is 105. The summed E-state index contributed by atoms with van der Waals surface area (Å²) in [6.45, 7) is 9.89. The van der Waals surface area contributed by atoms with Crippen LogP contribution in [0.3, 0.4) is 0 Å². The van der Waals surface area contributed by atoms with E-state index in [-0.39, 0.29) is 29.5 Å². The van der Waals surface area contributed by atoms with Crippen LogP contribution in [0.25, 0.3) is 0 Å². The average Bonchev–Trinajstić information content (AvgIpc) is 3.85. The minimum absolute atomic E-state index is 0.0187. The van der Waals surface area contributed by atoms with Crippen LogP contribution >= 0.6 is 0 Å². The van der Waals surface area contributed by atoms with Crippen LogP contribution < -0.4 is 0 Å². The molecule has 4 aliphatic carbocycles. The smallest absolute Gasteiger partial charge is 0.189 e. The van der Waals surface area contributed by atoms with E-state index in [1.807, 2.05) is 6.92 Å². The summed E-state index contributed by atoms with van der Waals surface area (Å²) in [4.78, 5) is 0. The van der Waals surface area contributed by atoms with Gasteiger partial charge in [-0.05, 0) is 99.7 Å². The van der Waals surface area contributed by atoms with Gasteiger partial charge in [-0.1, -0.05) is 32.4 Å². The van der Waals surface area contributed by atoms with Crippen molar-refractivity contribution in [3.63, 3.8) is 0 Å². The molecule has 9 aliphatic rings. The third kappa shape index (κ3) is 7.30. The van der Waals surface area contributed by atoms with E-state index in [1.165, 1.54) is 12.5 Å². The first kappa shape index (κ1) is 46.1. The monoisotopic (exact) mass is 886 g/mol. The minimum Gasteiger partial charge on any atom is -0.394 e. The molecule has 8 fully saturated rings. The molecule has 9 rings (SSSR count). The molecule has 0 amide bonds. The molecule has 1 spiro atoms. The van der Waals surface area contributed by atoms with E-state index in [4.69, 9.17) is 37.9 Å². The Hall–Kier alpha value is -0.980. The van der Waals surface area contributed by atoms with Gasteiger partial charge in [0.2, 0.25) is 0 Å². The molecule has 354 valence electrons. The Labute approximate surface area is 362 Å². The summed E-state index contributed by atoms with van der Waals surface area (Å²) >= 11 is 0. The molecule has 5 unspecified atom stereocenters. The van der Waals surface area contributed by atoms with Crippen LogP contribution in [-0.2, 0) is 37.9 Å². The maximum atomic E-state index is 11.9. The molecule has 0 aromatic heterocycles. The second kappa shape index (κ2) is 16.7. The highest BCUT2D eigenvalue weighted by Gasteiger charge is 2.70. The first-order chi connectivity index (χ1) is 29.3. The normalized spacial score (nSPS) is 58.7. The Morgan fingerprint density at radius 3 is 2.08 bits per heavy atom. The number of allylic oxidation sites excluding steroid dienone is 1. The number of rotatable bonds is 8. The van der Waals surface area contributed by atoms with E-state index in [0.29, 0.717) is 36.5 Å². The Morgan fingerprint density at radius 2 is 1.39 bits per heavy atom. The number of fused-ring (bicyclic) bond motifs is 7. The van der Waals surface area contributed by atoms with E-state index in [2.05, 4.69) is 26.8 Å². The van der Waals surface area contributed by atoms with E-state index >= 15 is 0 Å². The lowest BCUT2D eigenvalue weighted by Gasteiger charge is -2.58. The van der Waals surface area contributed by atoms with Crippen molar-refractivity contribution in [1.29, 1.82) is 0 Å². The molecule has 26 atom stereocenters. The highest BCUT2D eigenvalue weighted by molar-refractivity contribution is 5.26. The molecule has 5 aliphatic heterocycles. The van der Waals surface area contributed by atoms with E-state index < -0.39 is 116 Å². The van der Waals surface area contributed by atoms with Crippen molar-refractivity contribution in [2.24, 2.45) is 40.4 Å². The molecule has 5 saturated heterocycles. The zero-order chi connectivity index (χ0) is 44.4. The fourth-order valence-electron chi connectivity index (χ4n) is 13.9. The zero-order valence-corrected chi connectivity index (χ0v) is 36.3. The Morgan fingerprint density at radius 1 is 0.694 bits per heavy atom. The van der Waals surface area contributed by atoms with E-state index in [1.54, 1.807) is 0 Å². The lowest BCUT2D eigenvalue weighted by atomic mass is 9.47. The van der Waals surface area contributed by atoms with Crippen molar-refractivity contribution in [2.45, 2.75) is 208 Å². The number of ether oxygens (including phenoxy) is 8. The summed E-state index contributed by atoms with van der Waals surface area (Å²) in [6, 6.07) is 0. The molecule has 0 bridgehead atoms. The van der Waals surface area contributed by atoms with Crippen LogP contribution in [0.4, 0.5) is 0 Å². The van der Waals surface area contributed by atoms with Gasteiger partial charge >= 0.3 is 0 Å². The molecule has 18 nitrogen and oxygen atoms in total.